The monoisotopic (exact) mass is 408 g/mol. The van der Waals surface area contributed by atoms with E-state index in [1.165, 1.54) is 18.2 Å². The number of thioether (sulfide) groups is 1. The van der Waals surface area contributed by atoms with Crippen molar-refractivity contribution in [2.75, 3.05) is 45.0 Å². The lowest BCUT2D eigenvalue weighted by molar-refractivity contribution is -0.136. The second-order valence-electron chi connectivity index (χ2n) is 7.99. The Balaban J connectivity index is 1.41. The zero-order chi connectivity index (χ0) is 20.1. The number of hydrogen-bond acceptors (Lipinski definition) is 6. The van der Waals surface area contributed by atoms with Crippen molar-refractivity contribution in [3.63, 3.8) is 0 Å². The number of piperazine rings is 1. The average molecular weight is 409 g/mol. The summed E-state index contributed by atoms with van der Waals surface area (Å²) >= 11 is 1.44. The number of carbonyl (C=O) groups excluding carboxylic acids is 2. The molecule has 2 amide bonds. The Kier molecular flexibility index (Phi) is 7.34. The Morgan fingerprint density at radius 3 is 2.57 bits per heavy atom. The molecule has 0 radical (unpaired) electrons. The Hall–Kier alpha value is -1.61. The van der Waals surface area contributed by atoms with Gasteiger partial charge in [-0.05, 0) is 40.0 Å². The Bertz CT molecular complexity index is 671. The van der Waals surface area contributed by atoms with Gasteiger partial charge in [0.2, 0.25) is 11.8 Å². The molecular formula is C19H32N6O2S. The molecule has 1 unspecified atom stereocenters. The molecule has 1 aromatic heterocycles. The number of aromatic nitrogens is 3. The molecule has 0 bridgehead atoms. The summed E-state index contributed by atoms with van der Waals surface area (Å²) in [6.07, 6.45) is 5.14. The average Bonchev–Trinajstić information content (AvgIpc) is 3.16. The van der Waals surface area contributed by atoms with Crippen molar-refractivity contribution in [2.24, 2.45) is 0 Å². The van der Waals surface area contributed by atoms with Crippen molar-refractivity contribution >= 4 is 23.6 Å². The largest absolute Gasteiger partial charge is 0.339 e. The number of hydrogen-bond donors (Lipinski definition) is 0. The van der Waals surface area contributed by atoms with E-state index < -0.39 is 0 Å². The van der Waals surface area contributed by atoms with Crippen LogP contribution in [0.2, 0.25) is 0 Å². The van der Waals surface area contributed by atoms with Gasteiger partial charge in [0.25, 0.3) is 0 Å². The highest BCUT2D eigenvalue weighted by Crippen LogP contribution is 2.20. The summed E-state index contributed by atoms with van der Waals surface area (Å²) < 4.78 is 1.98. The molecule has 28 heavy (non-hydrogen) atoms. The summed E-state index contributed by atoms with van der Waals surface area (Å²) in [4.78, 5) is 31.2. The van der Waals surface area contributed by atoms with Gasteiger partial charge in [-0.1, -0.05) is 11.8 Å². The van der Waals surface area contributed by atoms with Gasteiger partial charge in [-0.15, -0.1) is 10.2 Å². The summed E-state index contributed by atoms with van der Waals surface area (Å²) in [5, 5.41) is 8.83. The van der Waals surface area contributed by atoms with Crippen LogP contribution in [0.15, 0.2) is 11.5 Å². The highest BCUT2D eigenvalue weighted by molar-refractivity contribution is 7.99. The first-order chi connectivity index (χ1) is 13.5. The van der Waals surface area contributed by atoms with Crippen molar-refractivity contribution in [3.8, 4) is 0 Å². The van der Waals surface area contributed by atoms with E-state index >= 15 is 0 Å². The van der Waals surface area contributed by atoms with E-state index in [2.05, 4.69) is 35.9 Å². The van der Waals surface area contributed by atoms with Gasteiger partial charge in [-0.3, -0.25) is 14.5 Å². The van der Waals surface area contributed by atoms with Gasteiger partial charge in [0, 0.05) is 44.8 Å². The Morgan fingerprint density at radius 2 is 1.89 bits per heavy atom. The first-order valence-corrected chi connectivity index (χ1v) is 11.3. The highest BCUT2D eigenvalue weighted by Gasteiger charge is 2.27. The van der Waals surface area contributed by atoms with Crippen molar-refractivity contribution in [1.29, 1.82) is 0 Å². The molecule has 3 rings (SSSR count). The highest BCUT2D eigenvalue weighted by atomic mass is 32.2. The van der Waals surface area contributed by atoms with Crippen LogP contribution in [-0.4, -0.2) is 92.3 Å². The quantitative estimate of drug-likeness (QED) is 0.664. The van der Waals surface area contributed by atoms with Crippen LogP contribution in [0.3, 0.4) is 0 Å². The number of amides is 2. The third-order valence-corrected chi connectivity index (χ3v) is 6.57. The first kappa shape index (κ1) is 21.1. The van der Waals surface area contributed by atoms with Gasteiger partial charge in [0.05, 0.1) is 12.3 Å². The maximum absolute atomic E-state index is 12.6. The second kappa shape index (κ2) is 9.73. The molecular weight excluding hydrogens is 376 g/mol. The van der Waals surface area contributed by atoms with Gasteiger partial charge in [0.1, 0.15) is 6.33 Å². The second-order valence-corrected chi connectivity index (χ2v) is 8.93. The maximum atomic E-state index is 12.6. The fourth-order valence-electron chi connectivity index (χ4n) is 3.81. The predicted octanol–water partition coefficient (Wildman–Crippen LogP) is 1.50. The van der Waals surface area contributed by atoms with Gasteiger partial charge < -0.3 is 14.4 Å². The van der Waals surface area contributed by atoms with E-state index in [9.17, 15) is 9.59 Å². The standard InChI is InChI=1S/C19H32N6O2S/c1-15(2)25-14-20-21-19(25)28-13-18(27)23-10-8-22(9-11-23)12-17(26)24-7-5-4-6-16(24)3/h14-16H,4-13H2,1-3H3. The van der Waals surface area contributed by atoms with Crippen LogP contribution in [0.4, 0.5) is 0 Å². The maximum Gasteiger partial charge on any atom is 0.236 e. The molecule has 2 aliphatic heterocycles. The van der Waals surface area contributed by atoms with E-state index in [0.717, 1.165) is 37.6 Å². The predicted molar refractivity (Wildman–Crippen MR) is 109 cm³/mol. The minimum atomic E-state index is 0.124. The third kappa shape index (κ3) is 5.26. The topological polar surface area (TPSA) is 74.6 Å². The van der Waals surface area contributed by atoms with E-state index in [1.807, 2.05) is 14.4 Å². The van der Waals surface area contributed by atoms with Gasteiger partial charge in [-0.2, -0.15) is 0 Å². The molecule has 2 aliphatic rings. The zero-order valence-corrected chi connectivity index (χ0v) is 18.0. The lowest BCUT2D eigenvalue weighted by Crippen LogP contribution is -2.53. The lowest BCUT2D eigenvalue weighted by atomic mass is 10.0. The zero-order valence-electron chi connectivity index (χ0n) is 17.2. The van der Waals surface area contributed by atoms with Crippen molar-refractivity contribution in [1.82, 2.24) is 29.5 Å². The molecule has 0 saturated carbocycles. The summed E-state index contributed by atoms with van der Waals surface area (Å²) in [6.45, 7) is 10.5. The molecule has 8 nitrogen and oxygen atoms in total. The lowest BCUT2D eigenvalue weighted by Gasteiger charge is -2.38. The number of likely N-dealkylation sites (tertiary alicyclic amines) is 1. The fourth-order valence-corrected chi connectivity index (χ4v) is 4.76. The van der Waals surface area contributed by atoms with Gasteiger partial charge in [0.15, 0.2) is 5.16 Å². The summed E-state index contributed by atoms with van der Waals surface area (Å²) in [5.74, 6) is 0.727. The molecule has 0 N–H and O–H groups in total. The molecule has 9 heteroatoms. The van der Waals surface area contributed by atoms with Gasteiger partial charge in [-0.25, -0.2) is 0 Å². The van der Waals surface area contributed by atoms with E-state index in [0.29, 0.717) is 31.4 Å². The van der Waals surface area contributed by atoms with Crippen LogP contribution in [0.25, 0.3) is 0 Å². The minimum absolute atomic E-state index is 0.124. The van der Waals surface area contributed by atoms with Crippen LogP contribution in [0.1, 0.15) is 46.1 Å². The van der Waals surface area contributed by atoms with Crippen molar-refractivity contribution in [2.45, 2.75) is 57.3 Å². The number of rotatable bonds is 6. The summed E-state index contributed by atoms with van der Waals surface area (Å²) in [5.41, 5.74) is 0. The molecule has 3 heterocycles. The molecule has 0 spiro atoms. The molecule has 2 saturated heterocycles. The minimum Gasteiger partial charge on any atom is -0.339 e. The van der Waals surface area contributed by atoms with Crippen LogP contribution in [0, 0.1) is 0 Å². The fraction of sp³-hybridized carbons (Fsp3) is 0.789. The normalized spacial score (nSPS) is 21.4. The van der Waals surface area contributed by atoms with Crippen LogP contribution < -0.4 is 0 Å². The Labute approximate surface area is 171 Å². The SMILES string of the molecule is CC1CCCCN1C(=O)CN1CCN(C(=O)CSc2nncn2C(C)C)CC1. The van der Waals surface area contributed by atoms with Crippen LogP contribution >= 0.6 is 11.8 Å². The summed E-state index contributed by atoms with van der Waals surface area (Å²) in [7, 11) is 0. The number of nitrogens with zero attached hydrogens (tertiary/aromatic N) is 6. The third-order valence-electron chi connectivity index (χ3n) is 5.63. The van der Waals surface area contributed by atoms with E-state index in [4.69, 9.17) is 0 Å². The molecule has 156 valence electrons. The smallest absolute Gasteiger partial charge is 0.236 e. The molecule has 1 atom stereocenters. The number of carbonyl (C=O) groups is 2. The van der Waals surface area contributed by atoms with Crippen molar-refractivity contribution in [3.05, 3.63) is 6.33 Å². The van der Waals surface area contributed by atoms with Crippen LogP contribution in [0.5, 0.6) is 0 Å². The summed E-state index contributed by atoms with van der Waals surface area (Å²) in [6, 6.07) is 0.630. The molecule has 0 aliphatic carbocycles. The van der Waals surface area contributed by atoms with E-state index in [-0.39, 0.29) is 17.9 Å². The Morgan fingerprint density at radius 1 is 1.14 bits per heavy atom. The number of piperidine rings is 1. The first-order valence-electron chi connectivity index (χ1n) is 10.3. The molecule has 2 fully saturated rings. The van der Waals surface area contributed by atoms with Crippen LogP contribution in [-0.2, 0) is 9.59 Å². The van der Waals surface area contributed by atoms with E-state index in [1.54, 1.807) is 6.33 Å². The van der Waals surface area contributed by atoms with Gasteiger partial charge >= 0.3 is 0 Å². The molecule has 0 aromatic carbocycles. The molecule has 1 aromatic rings. The van der Waals surface area contributed by atoms with Crippen molar-refractivity contribution < 1.29 is 9.59 Å².